The molecular formula is C23H22N4O2. The Labute approximate surface area is 168 Å². The second-order valence-electron chi connectivity index (χ2n) is 6.75. The number of imidazole rings is 1. The van der Waals surface area contributed by atoms with Crippen molar-refractivity contribution in [2.45, 2.75) is 20.4 Å². The number of aliphatic imine (C=N–C) groups is 1. The molecule has 1 N–H and O–H groups in total. The van der Waals surface area contributed by atoms with E-state index in [1.807, 2.05) is 49.5 Å². The highest BCUT2D eigenvalue weighted by Crippen LogP contribution is 2.31. The number of carbonyl (C=O) groups excluding carboxylic acids is 1. The maximum Gasteiger partial charge on any atom is 0.411 e. The van der Waals surface area contributed by atoms with Gasteiger partial charge in [0, 0.05) is 22.8 Å². The lowest BCUT2D eigenvalue weighted by molar-refractivity contribution is 0.187. The van der Waals surface area contributed by atoms with Gasteiger partial charge in [-0.15, -0.1) is 0 Å². The normalized spacial score (nSPS) is 11.4. The maximum absolute atomic E-state index is 11.6. The van der Waals surface area contributed by atoms with Gasteiger partial charge in [0.15, 0.2) is 0 Å². The molecule has 2 heterocycles. The van der Waals surface area contributed by atoms with Gasteiger partial charge in [-0.2, -0.15) is 0 Å². The Kier molecular flexibility index (Phi) is 4.99. The van der Waals surface area contributed by atoms with Gasteiger partial charge in [0.1, 0.15) is 5.65 Å². The summed E-state index contributed by atoms with van der Waals surface area (Å²) in [6.45, 7) is 4.53. The minimum Gasteiger partial charge on any atom is -0.453 e. The third kappa shape index (κ3) is 3.45. The number of benzene rings is 2. The molecule has 1 amide bonds. The van der Waals surface area contributed by atoms with E-state index in [1.54, 1.807) is 6.21 Å². The Morgan fingerprint density at radius 2 is 2.07 bits per heavy atom. The van der Waals surface area contributed by atoms with Gasteiger partial charge in [-0.05, 0) is 49.2 Å². The molecule has 146 valence electrons. The number of amides is 1. The summed E-state index contributed by atoms with van der Waals surface area (Å²) in [5.74, 6) is 0. The topological polar surface area (TPSA) is 68.0 Å². The molecule has 29 heavy (non-hydrogen) atoms. The first-order chi connectivity index (χ1) is 14.1. The standard InChI is InChI=1S/C23H22N4O2/c1-4-24-14-20-21(18-8-6-5-7-15(18)2)26-22-19-13-17(25-23(28)29-3)10-9-16(19)11-12-27(20)22/h4-13H,14H2,1-3H3,(H,25,28). The first-order valence-electron chi connectivity index (χ1n) is 9.41. The fourth-order valence-corrected chi connectivity index (χ4v) is 3.50. The predicted molar refractivity (Wildman–Crippen MR) is 117 cm³/mol. The van der Waals surface area contributed by atoms with Crippen LogP contribution in [0.1, 0.15) is 18.2 Å². The van der Waals surface area contributed by atoms with Crippen LogP contribution in [0.2, 0.25) is 0 Å². The minimum absolute atomic E-state index is 0.502. The number of pyridine rings is 1. The van der Waals surface area contributed by atoms with E-state index in [0.717, 1.165) is 38.9 Å². The number of aromatic nitrogens is 2. The molecule has 6 heteroatoms. The number of hydrogen-bond donors (Lipinski definition) is 1. The van der Waals surface area contributed by atoms with E-state index in [-0.39, 0.29) is 0 Å². The molecule has 0 unspecified atom stereocenters. The molecule has 0 fully saturated rings. The van der Waals surface area contributed by atoms with Crippen LogP contribution in [0.15, 0.2) is 59.7 Å². The summed E-state index contributed by atoms with van der Waals surface area (Å²) in [6.07, 6.45) is 3.33. The highest BCUT2D eigenvalue weighted by molar-refractivity contribution is 5.99. The van der Waals surface area contributed by atoms with E-state index in [1.165, 1.54) is 7.11 Å². The number of nitrogens with zero attached hydrogens (tertiary/aromatic N) is 3. The molecule has 0 aliphatic heterocycles. The van der Waals surface area contributed by atoms with E-state index in [0.29, 0.717) is 12.2 Å². The summed E-state index contributed by atoms with van der Waals surface area (Å²) in [5.41, 5.74) is 5.69. The number of methoxy groups -OCH3 is 1. The molecule has 0 atom stereocenters. The second-order valence-corrected chi connectivity index (χ2v) is 6.75. The van der Waals surface area contributed by atoms with Gasteiger partial charge >= 0.3 is 6.09 Å². The summed E-state index contributed by atoms with van der Waals surface area (Å²) in [4.78, 5) is 21.1. The van der Waals surface area contributed by atoms with Gasteiger partial charge in [0.05, 0.1) is 25.0 Å². The number of ether oxygens (including phenoxy) is 1. The molecule has 0 bridgehead atoms. The lowest BCUT2D eigenvalue weighted by atomic mass is 10.0. The predicted octanol–water partition coefficient (Wildman–Crippen LogP) is 5.23. The first-order valence-corrected chi connectivity index (χ1v) is 9.41. The summed E-state index contributed by atoms with van der Waals surface area (Å²) < 4.78 is 6.79. The molecule has 0 aliphatic rings. The monoisotopic (exact) mass is 386 g/mol. The van der Waals surface area contributed by atoms with Crippen LogP contribution in [0.5, 0.6) is 0 Å². The maximum atomic E-state index is 11.6. The molecule has 4 rings (SSSR count). The molecule has 0 spiro atoms. The van der Waals surface area contributed by atoms with Crippen LogP contribution < -0.4 is 5.32 Å². The molecule has 2 aromatic heterocycles. The number of rotatable bonds is 4. The van der Waals surface area contributed by atoms with Crippen molar-refractivity contribution in [1.29, 1.82) is 0 Å². The van der Waals surface area contributed by atoms with Crippen molar-refractivity contribution in [3.05, 3.63) is 66.0 Å². The van der Waals surface area contributed by atoms with Crippen molar-refractivity contribution < 1.29 is 9.53 Å². The number of anilines is 1. The van der Waals surface area contributed by atoms with Gasteiger partial charge in [-0.1, -0.05) is 30.3 Å². The smallest absolute Gasteiger partial charge is 0.411 e. The summed E-state index contributed by atoms with van der Waals surface area (Å²) in [6, 6.07) is 16.0. The minimum atomic E-state index is -0.502. The summed E-state index contributed by atoms with van der Waals surface area (Å²) >= 11 is 0. The van der Waals surface area contributed by atoms with Crippen LogP contribution in [0.3, 0.4) is 0 Å². The largest absolute Gasteiger partial charge is 0.453 e. The first kappa shape index (κ1) is 18.7. The highest BCUT2D eigenvalue weighted by atomic mass is 16.5. The molecule has 6 nitrogen and oxygen atoms in total. The van der Waals surface area contributed by atoms with Gasteiger partial charge in [-0.3, -0.25) is 10.3 Å². The number of hydrogen-bond acceptors (Lipinski definition) is 4. The SMILES string of the molecule is CC=NCc1c(-c2ccccc2C)nc2c3cc(NC(=O)OC)ccc3ccn12. The fourth-order valence-electron chi connectivity index (χ4n) is 3.50. The zero-order valence-corrected chi connectivity index (χ0v) is 16.6. The lowest BCUT2D eigenvalue weighted by Crippen LogP contribution is -2.10. The van der Waals surface area contributed by atoms with E-state index in [2.05, 4.69) is 33.8 Å². The Bertz CT molecular complexity index is 1240. The van der Waals surface area contributed by atoms with Crippen molar-refractivity contribution in [3.8, 4) is 11.3 Å². The third-order valence-electron chi connectivity index (χ3n) is 4.96. The Morgan fingerprint density at radius 1 is 1.24 bits per heavy atom. The molecular weight excluding hydrogens is 364 g/mol. The van der Waals surface area contributed by atoms with E-state index < -0.39 is 6.09 Å². The van der Waals surface area contributed by atoms with Crippen LogP contribution in [0, 0.1) is 6.92 Å². The van der Waals surface area contributed by atoms with Gasteiger partial charge in [0.2, 0.25) is 0 Å². The van der Waals surface area contributed by atoms with E-state index >= 15 is 0 Å². The van der Waals surface area contributed by atoms with Crippen LogP contribution in [0.25, 0.3) is 27.7 Å². The Balaban J connectivity index is 1.98. The number of nitrogens with one attached hydrogen (secondary N) is 1. The van der Waals surface area contributed by atoms with E-state index in [4.69, 9.17) is 9.72 Å². The zero-order chi connectivity index (χ0) is 20.4. The molecule has 4 aromatic rings. The van der Waals surface area contributed by atoms with Crippen LogP contribution >= 0.6 is 0 Å². The Hall–Kier alpha value is -3.67. The van der Waals surface area contributed by atoms with Crippen molar-refractivity contribution in [1.82, 2.24) is 9.38 Å². The van der Waals surface area contributed by atoms with Gasteiger partial charge < -0.3 is 9.14 Å². The van der Waals surface area contributed by atoms with Crippen molar-refractivity contribution >= 4 is 34.4 Å². The lowest BCUT2D eigenvalue weighted by Gasteiger charge is -2.07. The molecule has 2 aromatic carbocycles. The zero-order valence-electron chi connectivity index (χ0n) is 16.6. The van der Waals surface area contributed by atoms with Crippen LogP contribution in [-0.2, 0) is 11.3 Å². The fraction of sp³-hybridized carbons (Fsp3) is 0.174. The number of carbonyl (C=O) groups is 1. The number of aryl methyl sites for hydroxylation is 1. The summed E-state index contributed by atoms with van der Waals surface area (Å²) in [5, 5.41) is 4.71. The molecule has 0 aliphatic carbocycles. The van der Waals surface area contributed by atoms with Crippen LogP contribution in [-0.4, -0.2) is 28.8 Å². The molecule has 0 radical (unpaired) electrons. The van der Waals surface area contributed by atoms with E-state index in [9.17, 15) is 4.79 Å². The molecule has 0 saturated heterocycles. The second kappa shape index (κ2) is 7.75. The quantitative estimate of drug-likeness (QED) is 0.488. The molecule has 0 saturated carbocycles. The highest BCUT2D eigenvalue weighted by Gasteiger charge is 2.17. The average Bonchev–Trinajstić information content (AvgIpc) is 3.11. The van der Waals surface area contributed by atoms with Crippen molar-refractivity contribution in [3.63, 3.8) is 0 Å². The Morgan fingerprint density at radius 3 is 2.83 bits per heavy atom. The van der Waals surface area contributed by atoms with Gasteiger partial charge in [-0.25, -0.2) is 9.78 Å². The average molecular weight is 386 g/mol. The number of fused-ring (bicyclic) bond motifs is 3. The van der Waals surface area contributed by atoms with Crippen molar-refractivity contribution in [2.75, 3.05) is 12.4 Å². The summed E-state index contributed by atoms with van der Waals surface area (Å²) in [7, 11) is 1.35. The third-order valence-corrected chi connectivity index (χ3v) is 4.96. The van der Waals surface area contributed by atoms with Crippen molar-refractivity contribution in [2.24, 2.45) is 4.99 Å². The van der Waals surface area contributed by atoms with Crippen LogP contribution in [0.4, 0.5) is 10.5 Å². The van der Waals surface area contributed by atoms with Gasteiger partial charge in [0.25, 0.3) is 0 Å².